The molecule has 1 aliphatic rings. The average molecular weight is 382 g/mol. The largest absolute Gasteiger partial charge is 0.461 e. The van der Waals surface area contributed by atoms with Gasteiger partial charge in [-0.3, -0.25) is 0 Å². The molecule has 10 heteroatoms. The normalized spacial score (nSPS) is 35.2. The Morgan fingerprint density at radius 1 is 1.12 bits per heavy atom. The SMILES string of the molecule is CCC(O)(C(=O)OCC1OC(OC(C)C(C)O)C(O)C(O)C1O)C(C)O. The second-order valence-electron chi connectivity index (χ2n) is 6.65. The van der Waals surface area contributed by atoms with E-state index < -0.39 is 67.2 Å². The molecule has 154 valence electrons. The van der Waals surface area contributed by atoms with Crippen LogP contribution in [0.2, 0.25) is 0 Å². The van der Waals surface area contributed by atoms with Gasteiger partial charge in [0, 0.05) is 0 Å². The first kappa shape index (κ1) is 23.2. The highest BCUT2D eigenvalue weighted by Crippen LogP contribution is 2.25. The van der Waals surface area contributed by atoms with Crippen molar-refractivity contribution in [2.45, 2.75) is 88.7 Å². The number of aliphatic hydroxyl groups excluding tert-OH is 5. The summed E-state index contributed by atoms with van der Waals surface area (Å²) in [6.07, 6.45) is -10.5. The van der Waals surface area contributed by atoms with Crippen molar-refractivity contribution in [2.75, 3.05) is 6.61 Å². The van der Waals surface area contributed by atoms with Crippen molar-refractivity contribution in [3.8, 4) is 0 Å². The molecule has 9 unspecified atom stereocenters. The lowest BCUT2D eigenvalue weighted by Gasteiger charge is -2.41. The number of hydrogen-bond donors (Lipinski definition) is 6. The number of carbonyl (C=O) groups is 1. The van der Waals surface area contributed by atoms with Gasteiger partial charge in [-0.2, -0.15) is 0 Å². The lowest BCUT2D eigenvalue weighted by molar-refractivity contribution is -0.315. The third kappa shape index (κ3) is 5.11. The van der Waals surface area contributed by atoms with Crippen LogP contribution in [0, 0.1) is 0 Å². The van der Waals surface area contributed by atoms with Crippen molar-refractivity contribution in [1.29, 1.82) is 0 Å². The molecule has 1 saturated heterocycles. The summed E-state index contributed by atoms with van der Waals surface area (Å²) >= 11 is 0. The molecule has 0 radical (unpaired) electrons. The van der Waals surface area contributed by atoms with Crippen molar-refractivity contribution in [3.63, 3.8) is 0 Å². The number of ether oxygens (including phenoxy) is 3. The van der Waals surface area contributed by atoms with Gasteiger partial charge in [-0.25, -0.2) is 4.79 Å². The molecule has 10 nitrogen and oxygen atoms in total. The van der Waals surface area contributed by atoms with E-state index in [4.69, 9.17) is 14.2 Å². The quantitative estimate of drug-likeness (QED) is 0.250. The molecule has 6 N–H and O–H groups in total. The summed E-state index contributed by atoms with van der Waals surface area (Å²) in [6.45, 7) is 5.16. The van der Waals surface area contributed by atoms with Crippen LogP contribution in [0.4, 0.5) is 0 Å². The summed E-state index contributed by atoms with van der Waals surface area (Å²) in [5, 5.41) is 59.0. The highest BCUT2D eigenvalue weighted by atomic mass is 16.7. The van der Waals surface area contributed by atoms with Crippen LogP contribution in [-0.2, 0) is 19.0 Å². The number of esters is 1. The van der Waals surface area contributed by atoms with Gasteiger partial charge in [-0.15, -0.1) is 0 Å². The smallest absolute Gasteiger partial charge is 0.340 e. The Labute approximate surface area is 151 Å². The first-order chi connectivity index (χ1) is 12.0. The summed E-state index contributed by atoms with van der Waals surface area (Å²) in [5.74, 6) is -1.11. The van der Waals surface area contributed by atoms with Gasteiger partial charge in [-0.05, 0) is 27.2 Å². The maximum atomic E-state index is 12.0. The van der Waals surface area contributed by atoms with E-state index in [2.05, 4.69) is 0 Å². The maximum absolute atomic E-state index is 12.0. The van der Waals surface area contributed by atoms with E-state index in [0.29, 0.717) is 0 Å². The zero-order chi connectivity index (χ0) is 20.2. The molecular weight excluding hydrogens is 352 g/mol. The number of rotatable bonds is 8. The standard InChI is InChI=1S/C16H30O10/c1-5-16(23,9(4)18)15(22)24-6-10-11(19)12(20)13(21)14(26-10)25-8(3)7(2)17/h7-14,17-21,23H,5-6H2,1-4H3. The minimum absolute atomic E-state index is 0.101. The van der Waals surface area contributed by atoms with Gasteiger partial charge in [-0.1, -0.05) is 6.92 Å². The molecule has 0 aromatic carbocycles. The average Bonchev–Trinajstić information content (AvgIpc) is 2.59. The fourth-order valence-electron chi connectivity index (χ4n) is 2.39. The van der Waals surface area contributed by atoms with Crippen LogP contribution in [0.1, 0.15) is 34.1 Å². The third-order valence-corrected chi connectivity index (χ3v) is 4.66. The molecule has 0 bridgehead atoms. The number of hydrogen-bond acceptors (Lipinski definition) is 10. The van der Waals surface area contributed by atoms with Gasteiger partial charge < -0.3 is 44.8 Å². The summed E-state index contributed by atoms with van der Waals surface area (Å²) < 4.78 is 15.6. The van der Waals surface area contributed by atoms with Gasteiger partial charge in [0.1, 0.15) is 31.0 Å². The third-order valence-electron chi connectivity index (χ3n) is 4.66. The zero-order valence-corrected chi connectivity index (χ0v) is 15.3. The van der Waals surface area contributed by atoms with E-state index in [0.717, 1.165) is 0 Å². The van der Waals surface area contributed by atoms with Crippen molar-refractivity contribution in [1.82, 2.24) is 0 Å². The number of aliphatic hydroxyl groups is 6. The van der Waals surface area contributed by atoms with Gasteiger partial charge >= 0.3 is 5.97 Å². The van der Waals surface area contributed by atoms with E-state index >= 15 is 0 Å². The lowest BCUT2D eigenvalue weighted by Crippen LogP contribution is -2.60. The molecule has 1 aliphatic heterocycles. The van der Waals surface area contributed by atoms with Crippen LogP contribution >= 0.6 is 0 Å². The summed E-state index contributed by atoms with van der Waals surface area (Å²) in [6, 6.07) is 0. The van der Waals surface area contributed by atoms with Gasteiger partial charge in [0.05, 0.1) is 18.3 Å². The first-order valence-corrected chi connectivity index (χ1v) is 8.56. The lowest BCUT2D eigenvalue weighted by atomic mass is 9.95. The molecule has 9 atom stereocenters. The van der Waals surface area contributed by atoms with Crippen LogP contribution in [0.5, 0.6) is 0 Å². The van der Waals surface area contributed by atoms with E-state index in [1.807, 2.05) is 0 Å². The second-order valence-corrected chi connectivity index (χ2v) is 6.65. The van der Waals surface area contributed by atoms with E-state index in [1.54, 1.807) is 0 Å². The van der Waals surface area contributed by atoms with Gasteiger partial charge in [0.25, 0.3) is 0 Å². The molecule has 1 rings (SSSR count). The highest BCUT2D eigenvalue weighted by Gasteiger charge is 2.47. The summed E-state index contributed by atoms with van der Waals surface area (Å²) in [7, 11) is 0. The fourth-order valence-corrected chi connectivity index (χ4v) is 2.39. The van der Waals surface area contributed by atoms with Crippen molar-refractivity contribution >= 4 is 5.97 Å². The zero-order valence-electron chi connectivity index (χ0n) is 15.3. The maximum Gasteiger partial charge on any atom is 0.340 e. The molecular formula is C16H30O10. The minimum Gasteiger partial charge on any atom is -0.461 e. The predicted octanol–water partition coefficient (Wildman–Crippen LogP) is -2.35. The molecule has 0 saturated carbocycles. The molecule has 0 aliphatic carbocycles. The molecule has 26 heavy (non-hydrogen) atoms. The van der Waals surface area contributed by atoms with E-state index in [9.17, 15) is 35.4 Å². The van der Waals surface area contributed by atoms with Gasteiger partial charge in [0.15, 0.2) is 11.9 Å². The van der Waals surface area contributed by atoms with Crippen molar-refractivity contribution < 1.29 is 49.6 Å². The molecule has 0 spiro atoms. The fraction of sp³-hybridized carbons (Fsp3) is 0.938. The Kier molecular flexibility index (Phi) is 8.36. The second kappa shape index (κ2) is 9.38. The molecule has 0 amide bonds. The number of carbonyl (C=O) groups excluding carboxylic acids is 1. The topological polar surface area (TPSA) is 166 Å². The van der Waals surface area contributed by atoms with E-state index in [1.165, 1.54) is 27.7 Å². The molecule has 0 aromatic rings. The monoisotopic (exact) mass is 382 g/mol. The Balaban J connectivity index is 2.77. The highest BCUT2D eigenvalue weighted by molar-refractivity contribution is 5.80. The Hall–Kier alpha value is -0.850. The van der Waals surface area contributed by atoms with Gasteiger partial charge in [0.2, 0.25) is 0 Å². The Morgan fingerprint density at radius 3 is 2.15 bits per heavy atom. The van der Waals surface area contributed by atoms with Crippen LogP contribution in [0.25, 0.3) is 0 Å². The molecule has 1 fully saturated rings. The van der Waals surface area contributed by atoms with E-state index in [-0.39, 0.29) is 6.42 Å². The summed E-state index contributed by atoms with van der Waals surface area (Å²) in [4.78, 5) is 12.0. The van der Waals surface area contributed by atoms with Crippen LogP contribution < -0.4 is 0 Å². The molecule has 0 aromatic heterocycles. The predicted molar refractivity (Wildman–Crippen MR) is 86.8 cm³/mol. The van der Waals surface area contributed by atoms with Crippen LogP contribution in [0.15, 0.2) is 0 Å². The van der Waals surface area contributed by atoms with Crippen molar-refractivity contribution in [2.24, 2.45) is 0 Å². The Bertz CT molecular complexity index is 456. The Morgan fingerprint density at radius 2 is 1.69 bits per heavy atom. The molecule has 1 heterocycles. The summed E-state index contributed by atoms with van der Waals surface area (Å²) in [5.41, 5.74) is -2.12. The minimum atomic E-state index is -2.12. The van der Waals surface area contributed by atoms with Crippen molar-refractivity contribution in [3.05, 3.63) is 0 Å². The van der Waals surface area contributed by atoms with Crippen LogP contribution in [0.3, 0.4) is 0 Å². The van der Waals surface area contributed by atoms with Crippen LogP contribution in [-0.4, -0.2) is 97.8 Å². The first-order valence-electron chi connectivity index (χ1n) is 8.56.